The van der Waals surface area contributed by atoms with Gasteiger partial charge in [-0.15, -0.1) is 0 Å². The Kier molecular flexibility index (Phi) is 3.35. The number of aromatic nitrogens is 2. The first kappa shape index (κ1) is 15.1. The van der Waals surface area contributed by atoms with Crippen LogP contribution in [-0.4, -0.2) is 16.0 Å². The maximum atomic E-state index is 12.6. The Morgan fingerprint density at radius 1 is 1.30 bits per heavy atom. The molecule has 2 N–H and O–H groups in total. The molecule has 0 radical (unpaired) electrons. The number of amides is 1. The maximum absolute atomic E-state index is 12.6. The number of hydrogen-bond acceptors (Lipinski definition) is 5. The molecule has 7 heteroatoms. The van der Waals surface area contributed by atoms with Crippen LogP contribution in [0.2, 0.25) is 0 Å². The average molecular weight is 315 g/mol. The highest BCUT2D eigenvalue weighted by Crippen LogP contribution is 2.28. The van der Waals surface area contributed by atoms with Gasteiger partial charge in [-0.05, 0) is 25.1 Å². The molecule has 0 atom stereocenters. The molecule has 3 rings (SSSR count). The van der Waals surface area contributed by atoms with Crippen LogP contribution in [0.15, 0.2) is 31.9 Å². The number of anilines is 1. The molecule has 0 aliphatic rings. The van der Waals surface area contributed by atoms with Crippen molar-refractivity contribution in [2.45, 2.75) is 33.1 Å². The second-order valence-corrected chi connectivity index (χ2v) is 6.39. The van der Waals surface area contributed by atoms with Gasteiger partial charge in [0.15, 0.2) is 5.58 Å². The summed E-state index contributed by atoms with van der Waals surface area (Å²) in [6.07, 6.45) is 0. The van der Waals surface area contributed by atoms with Gasteiger partial charge in [0.1, 0.15) is 17.0 Å². The molecule has 0 saturated carbocycles. The summed E-state index contributed by atoms with van der Waals surface area (Å²) in [4.78, 5) is 26.3. The van der Waals surface area contributed by atoms with Crippen LogP contribution in [0.4, 0.5) is 5.69 Å². The van der Waals surface area contributed by atoms with E-state index in [1.807, 2.05) is 20.8 Å². The molecular weight excluding hydrogens is 298 g/mol. The van der Waals surface area contributed by atoms with Crippen LogP contribution in [-0.2, 0) is 5.41 Å². The van der Waals surface area contributed by atoms with Crippen molar-refractivity contribution < 1.29 is 13.7 Å². The highest BCUT2D eigenvalue weighted by molar-refractivity contribution is 6.06. The third-order valence-corrected chi connectivity index (χ3v) is 3.48. The molecule has 2 heterocycles. The van der Waals surface area contributed by atoms with E-state index in [9.17, 15) is 9.59 Å². The zero-order chi connectivity index (χ0) is 16.8. The van der Waals surface area contributed by atoms with E-state index in [0.717, 1.165) is 0 Å². The van der Waals surface area contributed by atoms with E-state index in [-0.39, 0.29) is 11.3 Å². The molecule has 23 heavy (non-hydrogen) atoms. The number of carbonyl (C=O) groups is 1. The number of fused-ring (bicyclic) bond motifs is 1. The Bertz CT molecular complexity index is 940. The lowest BCUT2D eigenvalue weighted by Gasteiger charge is -2.16. The van der Waals surface area contributed by atoms with E-state index in [1.165, 1.54) is 0 Å². The van der Waals surface area contributed by atoms with Gasteiger partial charge in [0.2, 0.25) is 0 Å². The minimum atomic E-state index is -0.534. The number of H-pyrrole nitrogens is 1. The molecule has 120 valence electrons. The molecule has 3 aromatic rings. The van der Waals surface area contributed by atoms with Gasteiger partial charge in [0.25, 0.3) is 5.91 Å². The summed E-state index contributed by atoms with van der Waals surface area (Å²) in [6.45, 7) is 7.59. The molecule has 0 bridgehead atoms. The highest BCUT2D eigenvalue weighted by atomic mass is 16.5. The summed E-state index contributed by atoms with van der Waals surface area (Å²) in [6, 6.07) is 4.92. The van der Waals surface area contributed by atoms with Crippen molar-refractivity contribution in [2.24, 2.45) is 0 Å². The Labute approximate surface area is 131 Å². The molecule has 1 aromatic carbocycles. The first-order valence-electron chi connectivity index (χ1n) is 7.16. The zero-order valence-corrected chi connectivity index (χ0v) is 13.3. The SMILES string of the molecule is Cc1onc(C(C)(C)C)c1C(=O)Nc1ccc2oc(=O)[nH]c2c1. The van der Waals surface area contributed by atoms with Crippen molar-refractivity contribution in [1.82, 2.24) is 10.1 Å². The molecule has 0 aliphatic heterocycles. The third kappa shape index (κ3) is 2.77. The summed E-state index contributed by atoms with van der Waals surface area (Å²) in [7, 11) is 0. The number of benzene rings is 1. The van der Waals surface area contributed by atoms with Gasteiger partial charge in [-0.25, -0.2) is 4.79 Å². The van der Waals surface area contributed by atoms with Crippen LogP contribution in [0, 0.1) is 6.92 Å². The van der Waals surface area contributed by atoms with Gasteiger partial charge in [-0.3, -0.25) is 9.78 Å². The maximum Gasteiger partial charge on any atom is 0.417 e. The summed E-state index contributed by atoms with van der Waals surface area (Å²) < 4.78 is 10.1. The van der Waals surface area contributed by atoms with Gasteiger partial charge in [-0.1, -0.05) is 25.9 Å². The first-order valence-corrected chi connectivity index (χ1v) is 7.16. The summed E-state index contributed by atoms with van der Waals surface area (Å²) in [5.41, 5.74) is 2.21. The Morgan fingerprint density at radius 3 is 2.74 bits per heavy atom. The predicted octanol–water partition coefficient (Wildman–Crippen LogP) is 2.97. The van der Waals surface area contributed by atoms with Gasteiger partial charge < -0.3 is 14.3 Å². The van der Waals surface area contributed by atoms with Gasteiger partial charge in [0.05, 0.1) is 5.52 Å². The van der Waals surface area contributed by atoms with Gasteiger partial charge in [0, 0.05) is 11.1 Å². The normalized spacial score (nSPS) is 11.8. The van der Waals surface area contributed by atoms with E-state index < -0.39 is 5.76 Å². The minimum absolute atomic E-state index is 0.307. The van der Waals surface area contributed by atoms with Crippen molar-refractivity contribution in [3.05, 3.63) is 45.8 Å². The molecular formula is C16H17N3O4. The molecule has 0 saturated heterocycles. The standard InChI is InChI=1S/C16H17N3O4/c1-8-12(13(19-23-8)16(2,3)4)14(20)17-9-5-6-11-10(7-9)18-15(21)22-11/h5-7H,1-4H3,(H,17,20)(H,18,21). The lowest BCUT2D eigenvalue weighted by Crippen LogP contribution is -2.21. The topological polar surface area (TPSA) is 101 Å². The van der Waals surface area contributed by atoms with E-state index in [0.29, 0.717) is 33.8 Å². The Balaban J connectivity index is 1.94. The molecule has 0 fully saturated rings. The fourth-order valence-corrected chi connectivity index (χ4v) is 2.37. The smallest absolute Gasteiger partial charge is 0.408 e. The highest BCUT2D eigenvalue weighted by Gasteiger charge is 2.28. The Hall–Kier alpha value is -2.83. The van der Waals surface area contributed by atoms with Crippen molar-refractivity contribution in [1.29, 1.82) is 0 Å². The number of aryl methyl sites for hydroxylation is 1. The minimum Gasteiger partial charge on any atom is -0.408 e. The number of nitrogens with zero attached hydrogens (tertiary/aromatic N) is 1. The van der Waals surface area contributed by atoms with Crippen LogP contribution in [0.5, 0.6) is 0 Å². The molecule has 7 nitrogen and oxygen atoms in total. The predicted molar refractivity (Wildman–Crippen MR) is 84.7 cm³/mol. The molecule has 1 amide bonds. The molecule has 0 spiro atoms. The largest absolute Gasteiger partial charge is 0.417 e. The fraction of sp³-hybridized carbons (Fsp3) is 0.312. The quantitative estimate of drug-likeness (QED) is 0.757. The van der Waals surface area contributed by atoms with Gasteiger partial charge in [-0.2, -0.15) is 0 Å². The fourth-order valence-electron chi connectivity index (χ4n) is 2.37. The van der Waals surface area contributed by atoms with E-state index >= 15 is 0 Å². The van der Waals surface area contributed by atoms with Crippen LogP contribution < -0.4 is 11.1 Å². The number of carbonyl (C=O) groups excluding carboxylic acids is 1. The van der Waals surface area contributed by atoms with Crippen LogP contribution in [0.1, 0.15) is 42.6 Å². The second kappa shape index (κ2) is 5.12. The van der Waals surface area contributed by atoms with Crippen LogP contribution >= 0.6 is 0 Å². The molecule has 0 aliphatic carbocycles. The van der Waals surface area contributed by atoms with Crippen LogP contribution in [0.25, 0.3) is 11.1 Å². The monoisotopic (exact) mass is 315 g/mol. The average Bonchev–Trinajstić information content (AvgIpc) is 2.99. The lowest BCUT2D eigenvalue weighted by molar-refractivity contribution is 0.102. The molecule has 2 aromatic heterocycles. The summed E-state index contributed by atoms with van der Waals surface area (Å²) in [5.74, 6) is -0.377. The second-order valence-electron chi connectivity index (χ2n) is 6.39. The first-order chi connectivity index (χ1) is 10.8. The zero-order valence-electron chi connectivity index (χ0n) is 13.3. The van der Waals surface area contributed by atoms with E-state index in [2.05, 4.69) is 15.5 Å². The number of rotatable bonds is 2. The number of aromatic amines is 1. The van der Waals surface area contributed by atoms with Crippen molar-refractivity contribution in [3.63, 3.8) is 0 Å². The Morgan fingerprint density at radius 2 is 2.04 bits per heavy atom. The van der Waals surface area contributed by atoms with Crippen LogP contribution in [0.3, 0.4) is 0 Å². The van der Waals surface area contributed by atoms with Crippen molar-refractivity contribution in [2.75, 3.05) is 5.32 Å². The van der Waals surface area contributed by atoms with E-state index in [4.69, 9.17) is 8.94 Å². The number of hydrogen-bond donors (Lipinski definition) is 2. The molecule has 0 unspecified atom stereocenters. The van der Waals surface area contributed by atoms with E-state index in [1.54, 1.807) is 25.1 Å². The summed E-state index contributed by atoms with van der Waals surface area (Å²) in [5, 5.41) is 6.80. The lowest BCUT2D eigenvalue weighted by atomic mass is 9.88. The van der Waals surface area contributed by atoms with Crippen molar-refractivity contribution in [3.8, 4) is 0 Å². The number of nitrogens with one attached hydrogen (secondary N) is 2. The van der Waals surface area contributed by atoms with Crippen molar-refractivity contribution >= 4 is 22.7 Å². The summed E-state index contributed by atoms with van der Waals surface area (Å²) >= 11 is 0. The third-order valence-electron chi connectivity index (χ3n) is 3.48. The number of oxazole rings is 1. The van der Waals surface area contributed by atoms with Gasteiger partial charge >= 0.3 is 5.76 Å².